The van der Waals surface area contributed by atoms with Crippen LogP contribution in [0.3, 0.4) is 0 Å². The molecule has 0 bridgehead atoms. The lowest BCUT2D eigenvalue weighted by atomic mass is 10.0. The molecule has 0 rings (SSSR count). The van der Waals surface area contributed by atoms with Gasteiger partial charge in [0.25, 0.3) is 0 Å². The zero-order chi connectivity index (χ0) is 55.0. The van der Waals surface area contributed by atoms with Crippen molar-refractivity contribution < 1.29 is 37.3 Å². The van der Waals surface area contributed by atoms with Gasteiger partial charge in [-0.2, -0.15) is 0 Å². The van der Waals surface area contributed by atoms with E-state index in [1.165, 1.54) is 148 Å². The minimum atomic E-state index is -4.45. The number of rotatable bonds is 56. The van der Waals surface area contributed by atoms with Gasteiger partial charge in [-0.05, 0) is 96.0 Å². The Hall–Kier alpha value is -2.55. The molecule has 75 heavy (non-hydrogen) atoms. The Bertz CT molecular complexity index is 1510. The van der Waals surface area contributed by atoms with Gasteiger partial charge >= 0.3 is 13.8 Å². The van der Waals surface area contributed by atoms with E-state index in [-0.39, 0.29) is 31.5 Å². The summed E-state index contributed by atoms with van der Waals surface area (Å²) in [7, 11) is 1.48. The Kier molecular flexibility index (Phi) is 52.9. The summed E-state index contributed by atoms with van der Waals surface area (Å²) in [6.45, 7) is 6.87. The molecule has 2 N–H and O–H groups in total. The SMILES string of the molecule is CC/C=C/C/C=C/C/C=C/CCCCCCC(=O)OC(/C=C\CCCCCCCCCCCC)C(COP(=O)(O)OCC[N+](C)(C)C)NC(=O)CCCCCCCCCCCCCCC/C=C\C/C=C\CCCCC. The average molecular weight is 1070 g/mol. The molecule has 10 heteroatoms. The predicted molar refractivity (Wildman–Crippen MR) is 323 cm³/mol. The van der Waals surface area contributed by atoms with E-state index in [1.807, 2.05) is 33.3 Å². The normalized spacial score (nSPS) is 14.2. The molecule has 0 aromatic heterocycles. The lowest BCUT2D eigenvalue weighted by molar-refractivity contribution is -0.870. The molecule has 9 nitrogen and oxygen atoms in total. The van der Waals surface area contributed by atoms with E-state index in [4.69, 9.17) is 13.8 Å². The number of hydrogen-bond acceptors (Lipinski definition) is 6. The highest BCUT2D eigenvalue weighted by atomic mass is 31.2. The average Bonchev–Trinajstić information content (AvgIpc) is 3.37. The van der Waals surface area contributed by atoms with E-state index in [2.05, 4.69) is 86.8 Å². The van der Waals surface area contributed by atoms with Gasteiger partial charge in [-0.3, -0.25) is 18.6 Å². The third kappa shape index (κ3) is 56.0. The van der Waals surface area contributed by atoms with Crippen LogP contribution in [-0.2, 0) is 27.9 Å². The Balaban J connectivity index is 5.18. The lowest BCUT2D eigenvalue weighted by Crippen LogP contribution is -2.47. The zero-order valence-electron chi connectivity index (χ0n) is 49.8. The summed E-state index contributed by atoms with van der Waals surface area (Å²) in [4.78, 5) is 37.7. The van der Waals surface area contributed by atoms with E-state index in [0.29, 0.717) is 23.9 Å². The summed E-state index contributed by atoms with van der Waals surface area (Å²) in [5.74, 6) is -0.529. The second kappa shape index (κ2) is 54.8. The van der Waals surface area contributed by atoms with E-state index in [9.17, 15) is 19.0 Å². The summed E-state index contributed by atoms with van der Waals surface area (Å²) in [6.07, 6.45) is 70.5. The molecular formula is C65H120N2O7P+. The number of allylic oxidation sites excluding steroid dienone is 11. The topological polar surface area (TPSA) is 111 Å². The molecule has 0 radical (unpaired) electrons. The van der Waals surface area contributed by atoms with Crippen LogP contribution >= 0.6 is 7.82 Å². The number of ether oxygens (including phenoxy) is 1. The highest BCUT2D eigenvalue weighted by molar-refractivity contribution is 7.47. The molecular weight excluding hydrogens is 952 g/mol. The largest absolute Gasteiger partial charge is 0.472 e. The first-order chi connectivity index (χ1) is 36.4. The van der Waals surface area contributed by atoms with Crippen LogP contribution in [0.15, 0.2) is 72.9 Å². The Morgan fingerprint density at radius 3 is 1.31 bits per heavy atom. The molecule has 0 saturated carbocycles. The standard InChI is InChI=1S/C65H119N2O7P/c1-7-10-13-16-19-22-25-28-30-31-32-33-34-35-36-37-38-39-42-45-48-51-54-57-64(68)66-62(61-73-75(70,71)72-60-59-67(4,5)6)63(56-53-50-47-44-41-27-24-21-18-15-12-9-3)74-65(69)58-55-52-49-46-43-40-29-26-23-20-17-14-11-8-2/h11,14,19-20,22-23,28-30,40,53,56,62-63H,7-10,12-13,15-18,21,24-27,31-39,41-52,54-55,57-61H2,1-6H3,(H-,66,68,70,71)/p+1/b14-11+,22-19-,23-20+,30-28-,40-29+,56-53-. The van der Waals surface area contributed by atoms with Gasteiger partial charge in [-0.15, -0.1) is 0 Å². The first-order valence-electron chi connectivity index (χ1n) is 31.3. The first-order valence-corrected chi connectivity index (χ1v) is 32.8. The predicted octanol–water partition coefficient (Wildman–Crippen LogP) is 19.2. The number of nitrogens with one attached hydrogen (secondary N) is 1. The molecule has 0 saturated heterocycles. The number of hydrogen-bond donors (Lipinski definition) is 2. The van der Waals surface area contributed by atoms with Crippen LogP contribution in [0.2, 0.25) is 0 Å². The van der Waals surface area contributed by atoms with Crippen LogP contribution in [-0.4, -0.2) is 74.3 Å². The maximum Gasteiger partial charge on any atom is 0.472 e. The van der Waals surface area contributed by atoms with Crippen molar-refractivity contribution >= 4 is 19.7 Å². The van der Waals surface area contributed by atoms with Gasteiger partial charge in [0.1, 0.15) is 19.3 Å². The van der Waals surface area contributed by atoms with Crippen molar-refractivity contribution in [2.45, 2.75) is 290 Å². The molecule has 0 aromatic carbocycles. The Labute approximate surface area is 463 Å². The van der Waals surface area contributed by atoms with Crippen molar-refractivity contribution in [3.63, 3.8) is 0 Å². The number of nitrogens with zero attached hydrogens (tertiary/aromatic N) is 1. The summed E-state index contributed by atoms with van der Waals surface area (Å²) in [6, 6.07) is -0.859. The number of quaternary nitrogens is 1. The summed E-state index contributed by atoms with van der Waals surface area (Å²) < 4.78 is 30.7. The smallest absolute Gasteiger partial charge is 0.456 e. The van der Waals surface area contributed by atoms with Crippen molar-refractivity contribution in [3.8, 4) is 0 Å². The molecule has 3 unspecified atom stereocenters. The Morgan fingerprint density at radius 2 is 0.853 bits per heavy atom. The molecule has 0 aliphatic rings. The number of esters is 1. The minimum Gasteiger partial charge on any atom is -0.456 e. The fourth-order valence-corrected chi connectivity index (χ4v) is 9.54. The fourth-order valence-electron chi connectivity index (χ4n) is 8.81. The Morgan fingerprint density at radius 1 is 0.480 bits per heavy atom. The van der Waals surface area contributed by atoms with Crippen LogP contribution in [0.25, 0.3) is 0 Å². The van der Waals surface area contributed by atoms with Crippen LogP contribution in [0.1, 0.15) is 278 Å². The third-order valence-electron chi connectivity index (χ3n) is 13.6. The number of amides is 1. The van der Waals surface area contributed by atoms with Gasteiger partial charge in [-0.1, -0.05) is 242 Å². The second-order valence-corrected chi connectivity index (χ2v) is 23.6. The van der Waals surface area contributed by atoms with Crippen molar-refractivity contribution in [1.82, 2.24) is 5.32 Å². The van der Waals surface area contributed by atoms with Crippen molar-refractivity contribution in [2.24, 2.45) is 0 Å². The van der Waals surface area contributed by atoms with Gasteiger partial charge in [0, 0.05) is 12.8 Å². The third-order valence-corrected chi connectivity index (χ3v) is 14.6. The molecule has 436 valence electrons. The van der Waals surface area contributed by atoms with Gasteiger partial charge in [0.2, 0.25) is 5.91 Å². The highest BCUT2D eigenvalue weighted by Crippen LogP contribution is 2.43. The number of carbonyl (C=O) groups excluding carboxylic acids is 2. The van der Waals surface area contributed by atoms with E-state index < -0.39 is 20.0 Å². The second-order valence-electron chi connectivity index (χ2n) is 22.2. The number of likely N-dealkylation sites (N-methyl/N-ethyl adjacent to an activating group) is 1. The maximum atomic E-state index is 13.5. The van der Waals surface area contributed by atoms with Gasteiger partial charge in [-0.25, -0.2) is 4.57 Å². The molecule has 3 atom stereocenters. The highest BCUT2D eigenvalue weighted by Gasteiger charge is 2.30. The van der Waals surface area contributed by atoms with Gasteiger partial charge in [0.15, 0.2) is 0 Å². The van der Waals surface area contributed by atoms with Gasteiger partial charge in [0.05, 0.1) is 33.8 Å². The number of phosphoric acid groups is 1. The number of unbranched alkanes of at least 4 members (excludes halogenated alkanes) is 30. The quantitative estimate of drug-likeness (QED) is 0.0205. The zero-order valence-corrected chi connectivity index (χ0v) is 50.7. The number of carbonyl (C=O) groups is 2. The first kappa shape index (κ1) is 72.5. The number of phosphoric ester groups is 1. The molecule has 0 heterocycles. The summed E-state index contributed by atoms with van der Waals surface area (Å²) in [5, 5.41) is 3.05. The van der Waals surface area contributed by atoms with E-state index in [1.54, 1.807) is 0 Å². The van der Waals surface area contributed by atoms with Crippen LogP contribution < -0.4 is 5.32 Å². The van der Waals surface area contributed by atoms with Crippen molar-refractivity contribution in [2.75, 3.05) is 40.9 Å². The van der Waals surface area contributed by atoms with E-state index >= 15 is 0 Å². The molecule has 1 amide bonds. The van der Waals surface area contributed by atoms with Crippen LogP contribution in [0, 0.1) is 0 Å². The van der Waals surface area contributed by atoms with Crippen LogP contribution in [0.4, 0.5) is 0 Å². The van der Waals surface area contributed by atoms with Crippen molar-refractivity contribution in [1.29, 1.82) is 0 Å². The van der Waals surface area contributed by atoms with Crippen LogP contribution in [0.5, 0.6) is 0 Å². The van der Waals surface area contributed by atoms with Crippen molar-refractivity contribution in [3.05, 3.63) is 72.9 Å². The minimum absolute atomic E-state index is 0.0346. The summed E-state index contributed by atoms with van der Waals surface area (Å²) in [5.41, 5.74) is 0. The molecule has 0 aliphatic carbocycles. The summed E-state index contributed by atoms with van der Waals surface area (Å²) >= 11 is 0. The monoisotopic (exact) mass is 1070 g/mol. The fraction of sp³-hybridized carbons (Fsp3) is 0.785. The maximum absolute atomic E-state index is 13.5. The lowest BCUT2D eigenvalue weighted by Gasteiger charge is -2.27. The molecule has 0 fully saturated rings. The van der Waals surface area contributed by atoms with E-state index in [0.717, 1.165) is 89.9 Å². The molecule has 0 aromatic rings. The van der Waals surface area contributed by atoms with Gasteiger partial charge < -0.3 is 19.4 Å². The molecule has 0 aliphatic heterocycles. The molecule has 0 spiro atoms.